The quantitative estimate of drug-likeness (QED) is 0.749. The Kier molecular flexibility index (Phi) is 5.50. The summed E-state index contributed by atoms with van der Waals surface area (Å²) in [4.78, 5) is 10.6. The first-order chi connectivity index (χ1) is 8.83. The van der Waals surface area contributed by atoms with E-state index in [1.54, 1.807) is 18.2 Å². The SMILES string of the molecule is Cc1ccc(S(=O)(=O)NCCCCC(=O)O)cc1C. The van der Waals surface area contributed by atoms with Crippen LogP contribution >= 0.6 is 0 Å². The number of nitrogens with one attached hydrogen (secondary N) is 1. The molecule has 0 heterocycles. The number of carboxylic acid groups (broad SMARTS) is 1. The standard InChI is InChI=1S/C13H19NO4S/c1-10-6-7-12(9-11(10)2)19(17,18)14-8-4-3-5-13(15)16/h6-7,9,14H,3-5,8H2,1-2H3,(H,15,16). The van der Waals surface area contributed by atoms with Gasteiger partial charge in [0.15, 0.2) is 0 Å². The first-order valence-electron chi connectivity index (χ1n) is 6.11. The smallest absolute Gasteiger partial charge is 0.303 e. The van der Waals surface area contributed by atoms with E-state index in [2.05, 4.69) is 4.72 Å². The van der Waals surface area contributed by atoms with Gasteiger partial charge in [-0.05, 0) is 49.9 Å². The van der Waals surface area contributed by atoms with Crippen LogP contribution in [0, 0.1) is 13.8 Å². The summed E-state index contributed by atoms with van der Waals surface area (Å²) in [6.45, 7) is 4.04. The van der Waals surface area contributed by atoms with Crippen LogP contribution in [0.4, 0.5) is 0 Å². The van der Waals surface area contributed by atoms with E-state index in [1.807, 2.05) is 13.8 Å². The van der Waals surface area contributed by atoms with Crippen molar-refractivity contribution in [2.24, 2.45) is 0 Å². The van der Waals surface area contributed by atoms with Gasteiger partial charge in [-0.2, -0.15) is 0 Å². The third-order valence-electron chi connectivity index (χ3n) is 2.90. The Balaban J connectivity index is 2.56. The molecule has 0 aromatic heterocycles. The molecular formula is C13H19NO4S. The molecule has 0 bridgehead atoms. The second kappa shape index (κ2) is 6.68. The number of rotatable bonds is 7. The molecule has 0 radical (unpaired) electrons. The summed E-state index contributed by atoms with van der Waals surface area (Å²) >= 11 is 0. The lowest BCUT2D eigenvalue weighted by molar-refractivity contribution is -0.137. The Morgan fingerprint density at radius 3 is 2.47 bits per heavy atom. The normalized spacial score (nSPS) is 11.5. The third-order valence-corrected chi connectivity index (χ3v) is 4.36. The molecule has 1 rings (SSSR count). The zero-order valence-corrected chi connectivity index (χ0v) is 12.0. The number of sulfonamides is 1. The minimum Gasteiger partial charge on any atom is -0.481 e. The van der Waals surface area contributed by atoms with Crippen molar-refractivity contribution in [2.75, 3.05) is 6.54 Å². The van der Waals surface area contributed by atoms with Crippen molar-refractivity contribution in [3.63, 3.8) is 0 Å². The Bertz CT molecular complexity index is 552. The average Bonchev–Trinajstić information content (AvgIpc) is 2.31. The summed E-state index contributed by atoms with van der Waals surface area (Å²) in [5, 5.41) is 8.47. The average molecular weight is 285 g/mol. The molecule has 1 aromatic rings. The molecule has 0 aliphatic rings. The van der Waals surface area contributed by atoms with Crippen molar-refractivity contribution in [2.45, 2.75) is 38.0 Å². The van der Waals surface area contributed by atoms with Crippen molar-refractivity contribution >= 4 is 16.0 Å². The summed E-state index contributed by atoms with van der Waals surface area (Å²) in [7, 11) is -3.50. The van der Waals surface area contributed by atoms with Crippen LogP contribution in [0.15, 0.2) is 23.1 Å². The zero-order valence-electron chi connectivity index (χ0n) is 11.1. The van der Waals surface area contributed by atoms with Crippen molar-refractivity contribution in [3.8, 4) is 0 Å². The minimum absolute atomic E-state index is 0.0609. The fraction of sp³-hybridized carbons (Fsp3) is 0.462. The molecule has 0 aliphatic carbocycles. The number of hydrogen-bond donors (Lipinski definition) is 2. The van der Waals surface area contributed by atoms with Crippen molar-refractivity contribution < 1.29 is 18.3 Å². The summed E-state index contributed by atoms with van der Waals surface area (Å²) < 4.78 is 26.4. The molecule has 0 amide bonds. The van der Waals surface area contributed by atoms with Crippen LogP contribution < -0.4 is 4.72 Å². The Morgan fingerprint density at radius 1 is 1.21 bits per heavy atom. The molecule has 106 valence electrons. The fourth-order valence-electron chi connectivity index (χ4n) is 1.57. The van der Waals surface area contributed by atoms with Gasteiger partial charge >= 0.3 is 5.97 Å². The van der Waals surface area contributed by atoms with Crippen LogP contribution in [0.25, 0.3) is 0 Å². The number of carbonyl (C=O) groups is 1. The third kappa shape index (κ3) is 5.00. The van der Waals surface area contributed by atoms with Crippen LogP contribution in [-0.4, -0.2) is 26.0 Å². The molecule has 0 aliphatic heterocycles. The highest BCUT2D eigenvalue weighted by Crippen LogP contribution is 2.14. The van der Waals surface area contributed by atoms with E-state index in [0.717, 1.165) is 11.1 Å². The molecule has 0 unspecified atom stereocenters. The molecule has 0 spiro atoms. The van der Waals surface area contributed by atoms with Gasteiger partial charge in [0.25, 0.3) is 0 Å². The van der Waals surface area contributed by atoms with Gasteiger partial charge in [0.2, 0.25) is 10.0 Å². The minimum atomic E-state index is -3.50. The molecule has 0 atom stereocenters. The predicted octanol–water partition coefficient (Wildman–Crippen LogP) is 1.84. The fourth-order valence-corrected chi connectivity index (χ4v) is 2.73. The highest BCUT2D eigenvalue weighted by Gasteiger charge is 2.13. The summed E-state index contributed by atoms with van der Waals surface area (Å²) in [5.74, 6) is -0.864. The number of carboxylic acids is 1. The van der Waals surface area contributed by atoms with Crippen molar-refractivity contribution in [3.05, 3.63) is 29.3 Å². The lowest BCUT2D eigenvalue weighted by Gasteiger charge is -2.08. The molecule has 0 saturated heterocycles. The van der Waals surface area contributed by atoms with E-state index in [-0.39, 0.29) is 17.9 Å². The van der Waals surface area contributed by atoms with Gasteiger partial charge in [-0.15, -0.1) is 0 Å². The first-order valence-corrected chi connectivity index (χ1v) is 7.60. The maximum atomic E-state index is 12.0. The molecule has 19 heavy (non-hydrogen) atoms. The van der Waals surface area contributed by atoms with Crippen LogP contribution in [0.5, 0.6) is 0 Å². The van der Waals surface area contributed by atoms with Gasteiger partial charge in [0.1, 0.15) is 0 Å². The predicted molar refractivity (Wildman–Crippen MR) is 72.6 cm³/mol. The number of unbranched alkanes of at least 4 members (excludes halogenated alkanes) is 1. The maximum absolute atomic E-state index is 12.0. The number of benzene rings is 1. The second-order valence-corrected chi connectivity index (χ2v) is 6.26. The Morgan fingerprint density at radius 2 is 1.89 bits per heavy atom. The molecule has 5 nitrogen and oxygen atoms in total. The largest absolute Gasteiger partial charge is 0.481 e. The van der Waals surface area contributed by atoms with Crippen LogP contribution in [0.3, 0.4) is 0 Å². The Hall–Kier alpha value is -1.40. The van der Waals surface area contributed by atoms with Gasteiger partial charge in [0, 0.05) is 13.0 Å². The van der Waals surface area contributed by atoms with E-state index < -0.39 is 16.0 Å². The lowest BCUT2D eigenvalue weighted by atomic mass is 10.1. The zero-order chi connectivity index (χ0) is 14.5. The molecule has 0 saturated carbocycles. The van der Waals surface area contributed by atoms with Gasteiger partial charge in [-0.3, -0.25) is 4.79 Å². The maximum Gasteiger partial charge on any atom is 0.303 e. The van der Waals surface area contributed by atoms with E-state index in [9.17, 15) is 13.2 Å². The molecule has 0 fully saturated rings. The van der Waals surface area contributed by atoms with E-state index in [4.69, 9.17) is 5.11 Å². The van der Waals surface area contributed by atoms with Gasteiger partial charge in [-0.1, -0.05) is 6.07 Å². The van der Waals surface area contributed by atoms with Crippen LogP contribution in [-0.2, 0) is 14.8 Å². The van der Waals surface area contributed by atoms with E-state index >= 15 is 0 Å². The van der Waals surface area contributed by atoms with Gasteiger partial charge in [-0.25, -0.2) is 13.1 Å². The number of hydrogen-bond acceptors (Lipinski definition) is 3. The van der Waals surface area contributed by atoms with Crippen LogP contribution in [0.2, 0.25) is 0 Å². The van der Waals surface area contributed by atoms with E-state index in [1.165, 1.54) is 0 Å². The monoisotopic (exact) mass is 285 g/mol. The van der Waals surface area contributed by atoms with E-state index in [0.29, 0.717) is 12.8 Å². The summed E-state index contributed by atoms with van der Waals surface area (Å²) in [6, 6.07) is 4.98. The Labute approximate surface area is 113 Å². The first kappa shape index (κ1) is 15.7. The van der Waals surface area contributed by atoms with Gasteiger partial charge < -0.3 is 5.11 Å². The topological polar surface area (TPSA) is 83.5 Å². The molecule has 6 heteroatoms. The van der Waals surface area contributed by atoms with Crippen molar-refractivity contribution in [1.82, 2.24) is 4.72 Å². The number of aliphatic carboxylic acids is 1. The highest BCUT2D eigenvalue weighted by molar-refractivity contribution is 7.89. The summed E-state index contributed by atoms with van der Waals surface area (Å²) in [6.07, 6.45) is 1.03. The van der Waals surface area contributed by atoms with Gasteiger partial charge in [0.05, 0.1) is 4.90 Å². The molecular weight excluding hydrogens is 266 g/mol. The van der Waals surface area contributed by atoms with Crippen LogP contribution in [0.1, 0.15) is 30.4 Å². The number of aryl methyl sites for hydroxylation is 2. The molecule has 1 aromatic carbocycles. The van der Waals surface area contributed by atoms with Crippen molar-refractivity contribution in [1.29, 1.82) is 0 Å². The molecule has 2 N–H and O–H groups in total. The highest BCUT2D eigenvalue weighted by atomic mass is 32.2. The lowest BCUT2D eigenvalue weighted by Crippen LogP contribution is -2.25. The summed E-state index contributed by atoms with van der Waals surface area (Å²) in [5.41, 5.74) is 1.97. The second-order valence-electron chi connectivity index (χ2n) is 4.49.